The number of carbonyl (C=O) groups is 1. The molecule has 34 heavy (non-hydrogen) atoms. The topological polar surface area (TPSA) is 102 Å². The van der Waals surface area contributed by atoms with E-state index in [1.54, 1.807) is 54.2 Å². The molecule has 0 atom stereocenters. The van der Waals surface area contributed by atoms with Gasteiger partial charge >= 0.3 is 0 Å². The first-order valence-electron chi connectivity index (χ1n) is 10.5. The van der Waals surface area contributed by atoms with Crippen LogP contribution in [0.25, 0.3) is 0 Å². The number of hydrogen-bond acceptors (Lipinski definition) is 5. The second-order valence-corrected chi connectivity index (χ2v) is 9.35. The van der Waals surface area contributed by atoms with E-state index in [1.807, 2.05) is 30.5 Å². The Labute approximate surface area is 198 Å². The highest BCUT2D eigenvalue weighted by atomic mass is 32.2. The monoisotopic (exact) mass is 476 g/mol. The van der Waals surface area contributed by atoms with E-state index in [0.29, 0.717) is 29.2 Å². The number of nitrogens with zero attached hydrogens (tertiary/aromatic N) is 2. The lowest BCUT2D eigenvalue weighted by atomic mass is 10.1. The molecule has 0 aliphatic rings. The minimum absolute atomic E-state index is 0.00787. The van der Waals surface area contributed by atoms with Crippen LogP contribution in [0, 0.1) is 6.92 Å². The summed E-state index contributed by atoms with van der Waals surface area (Å²) in [5.41, 5.74) is 2.90. The van der Waals surface area contributed by atoms with E-state index in [0.717, 1.165) is 5.56 Å². The van der Waals surface area contributed by atoms with Crippen LogP contribution in [0.2, 0.25) is 0 Å². The summed E-state index contributed by atoms with van der Waals surface area (Å²) < 4.78 is 35.2. The maximum absolute atomic E-state index is 13.0. The molecule has 1 aromatic heterocycles. The van der Waals surface area contributed by atoms with Gasteiger partial charge in [0.2, 0.25) is 0 Å². The SMILES string of the molecule is COc1ccc(NS(=O)(=O)c2ccc(C)c(C(=O)Nc3cccc(Cn4cccn4)c3)c2)cc1. The van der Waals surface area contributed by atoms with Crippen molar-refractivity contribution in [3.8, 4) is 5.75 Å². The molecule has 0 saturated carbocycles. The van der Waals surface area contributed by atoms with Crippen molar-refractivity contribution in [2.75, 3.05) is 17.1 Å². The molecular formula is C25H24N4O4S. The number of sulfonamides is 1. The van der Waals surface area contributed by atoms with Crippen molar-refractivity contribution in [2.24, 2.45) is 0 Å². The molecule has 0 saturated heterocycles. The van der Waals surface area contributed by atoms with Crippen molar-refractivity contribution in [3.63, 3.8) is 0 Å². The smallest absolute Gasteiger partial charge is 0.261 e. The number of rotatable bonds is 8. The van der Waals surface area contributed by atoms with E-state index >= 15 is 0 Å². The number of benzene rings is 3. The lowest BCUT2D eigenvalue weighted by Gasteiger charge is -2.13. The quantitative estimate of drug-likeness (QED) is 0.395. The predicted octanol–water partition coefficient (Wildman–Crippen LogP) is 4.30. The van der Waals surface area contributed by atoms with E-state index in [2.05, 4.69) is 15.1 Å². The lowest BCUT2D eigenvalue weighted by Crippen LogP contribution is -2.17. The Morgan fingerprint density at radius 2 is 1.79 bits per heavy atom. The zero-order chi connectivity index (χ0) is 24.1. The molecule has 0 fully saturated rings. The van der Waals surface area contributed by atoms with Crippen LogP contribution < -0.4 is 14.8 Å². The van der Waals surface area contributed by atoms with E-state index in [1.165, 1.54) is 19.2 Å². The van der Waals surface area contributed by atoms with Gasteiger partial charge in [-0.3, -0.25) is 14.2 Å². The molecule has 0 radical (unpaired) electrons. The lowest BCUT2D eigenvalue weighted by molar-refractivity contribution is 0.102. The van der Waals surface area contributed by atoms with Crippen molar-refractivity contribution in [1.82, 2.24) is 9.78 Å². The zero-order valence-electron chi connectivity index (χ0n) is 18.7. The second kappa shape index (κ2) is 9.80. The molecule has 4 aromatic rings. The van der Waals surface area contributed by atoms with E-state index < -0.39 is 15.9 Å². The van der Waals surface area contributed by atoms with Gasteiger partial charge in [0.05, 0.1) is 18.6 Å². The highest BCUT2D eigenvalue weighted by molar-refractivity contribution is 7.92. The maximum atomic E-state index is 13.0. The summed E-state index contributed by atoms with van der Waals surface area (Å²) in [6.45, 7) is 2.33. The normalized spacial score (nSPS) is 11.1. The molecular weight excluding hydrogens is 452 g/mol. The van der Waals surface area contributed by atoms with Gasteiger partial charge in [0.1, 0.15) is 5.75 Å². The number of methoxy groups -OCH3 is 1. The fourth-order valence-corrected chi connectivity index (χ4v) is 4.50. The number of carbonyl (C=O) groups excluding carboxylic acids is 1. The van der Waals surface area contributed by atoms with Gasteiger partial charge in [0.25, 0.3) is 15.9 Å². The van der Waals surface area contributed by atoms with E-state index in [4.69, 9.17) is 4.74 Å². The number of hydrogen-bond donors (Lipinski definition) is 2. The van der Waals surface area contributed by atoms with Crippen LogP contribution in [0.5, 0.6) is 5.75 Å². The van der Waals surface area contributed by atoms with Gasteiger partial charge in [-0.05, 0) is 72.6 Å². The molecule has 9 heteroatoms. The van der Waals surface area contributed by atoms with Crippen molar-refractivity contribution in [1.29, 1.82) is 0 Å². The fraction of sp³-hybridized carbons (Fsp3) is 0.120. The Bertz CT molecular complexity index is 1400. The molecule has 0 bridgehead atoms. The van der Waals surface area contributed by atoms with Gasteiger partial charge in [0, 0.05) is 29.3 Å². The summed E-state index contributed by atoms with van der Waals surface area (Å²) >= 11 is 0. The maximum Gasteiger partial charge on any atom is 0.261 e. The molecule has 1 amide bonds. The zero-order valence-corrected chi connectivity index (χ0v) is 19.5. The second-order valence-electron chi connectivity index (χ2n) is 7.67. The van der Waals surface area contributed by atoms with Crippen LogP contribution in [-0.4, -0.2) is 31.2 Å². The highest BCUT2D eigenvalue weighted by Crippen LogP contribution is 2.22. The van der Waals surface area contributed by atoms with Crippen LogP contribution in [0.4, 0.5) is 11.4 Å². The van der Waals surface area contributed by atoms with Gasteiger partial charge in [0.15, 0.2) is 0 Å². The fourth-order valence-electron chi connectivity index (χ4n) is 3.41. The summed E-state index contributed by atoms with van der Waals surface area (Å²) in [6.07, 6.45) is 3.57. The molecule has 4 rings (SSSR count). The van der Waals surface area contributed by atoms with Crippen LogP contribution in [0.15, 0.2) is 90.1 Å². The number of amides is 1. The number of anilines is 2. The summed E-state index contributed by atoms with van der Waals surface area (Å²) in [7, 11) is -2.36. The number of ether oxygens (including phenoxy) is 1. The Kier molecular flexibility index (Phi) is 6.65. The van der Waals surface area contributed by atoms with Gasteiger partial charge in [-0.1, -0.05) is 18.2 Å². The van der Waals surface area contributed by atoms with Crippen molar-refractivity contribution >= 4 is 27.3 Å². The average Bonchev–Trinajstić information content (AvgIpc) is 3.32. The predicted molar refractivity (Wildman–Crippen MR) is 131 cm³/mol. The van der Waals surface area contributed by atoms with E-state index in [9.17, 15) is 13.2 Å². The van der Waals surface area contributed by atoms with Gasteiger partial charge in [-0.25, -0.2) is 8.42 Å². The summed E-state index contributed by atoms with van der Waals surface area (Å²) in [4.78, 5) is 13.0. The minimum atomic E-state index is -3.89. The third-order valence-electron chi connectivity index (χ3n) is 5.19. The Morgan fingerprint density at radius 1 is 1.00 bits per heavy atom. The largest absolute Gasteiger partial charge is 0.497 e. The molecule has 3 aromatic carbocycles. The van der Waals surface area contributed by atoms with Gasteiger partial charge < -0.3 is 10.1 Å². The third kappa shape index (κ3) is 5.44. The van der Waals surface area contributed by atoms with Crippen molar-refractivity contribution in [2.45, 2.75) is 18.4 Å². The molecule has 0 aliphatic heterocycles. The molecule has 8 nitrogen and oxygen atoms in total. The highest BCUT2D eigenvalue weighted by Gasteiger charge is 2.19. The Balaban J connectivity index is 1.52. The Hall–Kier alpha value is -4.11. The van der Waals surface area contributed by atoms with Crippen LogP contribution in [0.1, 0.15) is 21.5 Å². The minimum Gasteiger partial charge on any atom is -0.497 e. The molecule has 1 heterocycles. The standard InChI is InChI=1S/C25H24N4O4S/c1-18-7-12-23(34(31,32)28-20-8-10-22(33-2)11-9-20)16-24(18)25(30)27-21-6-3-5-19(15-21)17-29-14-4-13-26-29/h3-16,28H,17H2,1-2H3,(H,27,30). The van der Waals surface area contributed by atoms with Crippen LogP contribution in [0.3, 0.4) is 0 Å². The number of aromatic nitrogens is 2. The van der Waals surface area contributed by atoms with Crippen molar-refractivity contribution < 1.29 is 17.9 Å². The number of nitrogens with one attached hydrogen (secondary N) is 2. The van der Waals surface area contributed by atoms with Crippen LogP contribution >= 0.6 is 0 Å². The summed E-state index contributed by atoms with van der Waals surface area (Å²) in [6, 6.07) is 20.3. The first kappa shape index (κ1) is 23.1. The summed E-state index contributed by atoms with van der Waals surface area (Å²) in [5, 5.41) is 7.06. The first-order chi connectivity index (χ1) is 16.3. The third-order valence-corrected chi connectivity index (χ3v) is 6.57. The molecule has 0 unspecified atom stereocenters. The summed E-state index contributed by atoms with van der Waals surface area (Å²) in [5.74, 6) is 0.223. The molecule has 0 spiro atoms. The Morgan fingerprint density at radius 3 is 2.50 bits per heavy atom. The molecule has 2 N–H and O–H groups in total. The molecule has 0 aliphatic carbocycles. The van der Waals surface area contributed by atoms with Gasteiger partial charge in [-0.2, -0.15) is 5.10 Å². The van der Waals surface area contributed by atoms with E-state index in [-0.39, 0.29) is 10.5 Å². The van der Waals surface area contributed by atoms with Crippen LogP contribution in [-0.2, 0) is 16.6 Å². The average molecular weight is 477 g/mol. The first-order valence-corrected chi connectivity index (χ1v) is 12.0. The number of aryl methyl sites for hydroxylation is 1. The molecule has 174 valence electrons. The van der Waals surface area contributed by atoms with Gasteiger partial charge in [-0.15, -0.1) is 0 Å². The van der Waals surface area contributed by atoms with Crippen molar-refractivity contribution in [3.05, 3.63) is 102 Å².